The van der Waals surface area contributed by atoms with Crippen LogP contribution in [0.2, 0.25) is 0 Å². The van der Waals surface area contributed by atoms with E-state index in [4.69, 9.17) is 5.10 Å². The second-order valence-corrected chi connectivity index (χ2v) is 10.5. The van der Waals surface area contributed by atoms with Gasteiger partial charge < -0.3 is 15.5 Å². The monoisotopic (exact) mass is 503 g/mol. The van der Waals surface area contributed by atoms with Crippen LogP contribution in [0.15, 0.2) is 54.6 Å². The Morgan fingerprint density at radius 2 is 1.68 bits per heavy atom. The Hall–Kier alpha value is -3.61. The van der Waals surface area contributed by atoms with E-state index in [1.807, 2.05) is 61.5 Å². The number of benzene rings is 2. The van der Waals surface area contributed by atoms with Gasteiger partial charge in [0.1, 0.15) is 12.4 Å². The van der Waals surface area contributed by atoms with Crippen molar-refractivity contribution in [3.63, 3.8) is 0 Å². The molecule has 1 heterocycles. The Labute approximate surface area is 221 Å². The van der Waals surface area contributed by atoms with Crippen LogP contribution in [-0.2, 0) is 16.6 Å². The lowest BCUT2D eigenvalue weighted by atomic mass is 9.92. The van der Waals surface area contributed by atoms with Crippen molar-refractivity contribution in [3.05, 3.63) is 71.4 Å². The van der Waals surface area contributed by atoms with E-state index in [0.717, 1.165) is 48.3 Å². The smallest absolute Gasteiger partial charge is 0.315 e. The standard InChI is InChI=1S/C30H41N5O2/c1-7-9-12-19-34(29(37)31-24-17-15-23(8-2)16-18-24)21-28(36)32-27-20-26(30(4,5)6)33-35(27)25-14-11-10-13-22(25)3/h10-11,13-18,20H,7-9,12,19,21H2,1-6H3,(H,31,37)(H,32,36). The molecule has 198 valence electrons. The third-order valence-electron chi connectivity index (χ3n) is 6.36. The second kappa shape index (κ2) is 12.6. The number of amides is 3. The first kappa shape index (κ1) is 28.0. The molecular weight excluding hydrogens is 462 g/mol. The number of para-hydroxylation sites is 1. The van der Waals surface area contributed by atoms with E-state index in [1.165, 1.54) is 5.56 Å². The maximum absolute atomic E-state index is 13.2. The van der Waals surface area contributed by atoms with Crippen LogP contribution in [0.1, 0.15) is 70.7 Å². The summed E-state index contributed by atoms with van der Waals surface area (Å²) in [4.78, 5) is 28.0. The molecule has 0 radical (unpaired) electrons. The Morgan fingerprint density at radius 3 is 2.30 bits per heavy atom. The van der Waals surface area contributed by atoms with E-state index >= 15 is 0 Å². The second-order valence-electron chi connectivity index (χ2n) is 10.5. The summed E-state index contributed by atoms with van der Waals surface area (Å²) in [5.74, 6) is 0.330. The van der Waals surface area contributed by atoms with Crippen LogP contribution < -0.4 is 10.6 Å². The number of nitrogens with one attached hydrogen (secondary N) is 2. The zero-order valence-corrected chi connectivity index (χ0v) is 23.1. The third-order valence-corrected chi connectivity index (χ3v) is 6.36. The number of carbonyl (C=O) groups is 2. The van der Waals surface area contributed by atoms with Gasteiger partial charge in [-0.15, -0.1) is 0 Å². The van der Waals surface area contributed by atoms with Crippen LogP contribution in [0.3, 0.4) is 0 Å². The first-order chi connectivity index (χ1) is 17.6. The number of hydrogen-bond donors (Lipinski definition) is 2. The summed E-state index contributed by atoms with van der Waals surface area (Å²) in [6, 6.07) is 17.4. The van der Waals surface area contributed by atoms with Gasteiger partial charge in [-0.25, -0.2) is 9.48 Å². The molecule has 7 nitrogen and oxygen atoms in total. The first-order valence-electron chi connectivity index (χ1n) is 13.2. The van der Waals surface area contributed by atoms with E-state index in [2.05, 4.69) is 45.3 Å². The summed E-state index contributed by atoms with van der Waals surface area (Å²) in [7, 11) is 0. The fraction of sp³-hybridized carbons (Fsp3) is 0.433. The summed E-state index contributed by atoms with van der Waals surface area (Å²) in [6.45, 7) is 13.0. The number of nitrogens with zero attached hydrogens (tertiary/aromatic N) is 3. The van der Waals surface area contributed by atoms with Crippen LogP contribution in [0, 0.1) is 6.92 Å². The molecule has 1 aromatic heterocycles. The predicted molar refractivity (Wildman–Crippen MR) is 152 cm³/mol. The van der Waals surface area contributed by atoms with Crippen LogP contribution >= 0.6 is 0 Å². The van der Waals surface area contributed by atoms with Gasteiger partial charge in [0.25, 0.3) is 0 Å². The normalized spacial score (nSPS) is 11.3. The van der Waals surface area contributed by atoms with Crippen LogP contribution in [0.5, 0.6) is 0 Å². The van der Waals surface area contributed by atoms with Crippen molar-refractivity contribution in [2.24, 2.45) is 0 Å². The molecule has 0 unspecified atom stereocenters. The molecule has 0 saturated carbocycles. The Morgan fingerprint density at radius 1 is 0.973 bits per heavy atom. The van der Waals surface area contributed by atoms with Gasteiger partial charge in [0, 0.05) is 23.7 Å². The molecular formula is C30H41N5O2. The quantitative estimate of drug-likeness (QED) is 0.302. The minimum atomic E-state index is -0.279. The van der Waals surface area contributed by atoms with Crippen molar-refractivity contribution in [1.29, 1.82) is 0 Å². The van der Waals surface area contributed by atoms with E-state index in [0.29, 0.717) is 12.4 Å². The van der Waals surface area contributed by atoms with Gasteiger partial charge in [-0.05, 0) is 49.1 Å². The SMILES string of the molecule is CCCCCN(CC(=O)Nc1cc(C(C)(C)C)nn1-c1ccccc1C)C(=O)Nc1ccc(CC)cc1. The molecule has 0 saturated heterocycles. The van der Waals surface area contributed by atoms with Gasteiger partial charge in [0.2, 0.25) is 5.91 Å². The summed E-state index contributed by atoms with van der Waals surface area (Å²) in [6.07, 6.45) is 3.80. The van der Waals surface area contributed by atoms with E-state index in [9.17, 15) is 9.59 Å². The summed E-state index contributed by atoms with van der Waals surface area (Å²) in [5, 5.41) is 10.8. The summed E-state index contributed by atoms with van der Waals surface area (Å²) >= 11 is 0. The number of anilines is 2. The van der Waals surface area contributed by atoms with E-state index in [1.54, 1.807) is 9.58 Å². The minimum Gasteiger partial charge on any atom is -0.315 e. The average molecular weight is 504 g/mol. The van der Waals surface area contributed by atoms with Crippen molar-refractivity contribution < 1.29 is 9.59 Å². The predicted octanol–water partition coefficient (Wildman–Crippen LogP) is 6.70. The highest BCUT2D eigenvalue weighted by Gasteiger charge is 2.23. The summed E-state index contributed by atoms with van der Waals surface area (Å²) in [5.41, 5.74) is 4.57. The molecule has 0 aliphatic rings. The van der Waals surface area contributed by atoms with Gasteiger partial charge in [0.15, 0.2) is 0 Å². The molecule has 2 aromatic carbocycles. The molecule has 3 amide bonds. The number of unbranched alkanes of at least 4 members (excludes halogenated alkanes) is 2. The topological polar surface area (TPSA) is 79.3 Å². The number of carbonyl (C=O) groups excluding carboxylic acids is 2. The zero-order chi connectivity index (χ0) is 27.0. The Bertz CT molecular complexity index is 1190. The van der Waals surface area contributed by atoms with Crippen molar-refractivity contribution >= 4 is 23.4 Å². The highest BCUT2D eigenvalue weighted by atomic mass is 16.2. The maximum atomic E-state index is 13.2. The average Bonchev–Trinajstić information content (AvgIpc) is 3.28. The first-order valence-corrected chi connectivity index (χ1v) is 13.2. The number of hydrogen-bond acceptors (Lipinski definition) is 3. The van der Waals surface area contributed by atoms with Gasteiger partial charge >= 0.3 is 6.03 Å². The molecule has 7 heteroatoms. The zero-order valence-electron chi connectivity index (χ0n) is 23.1. The molecule has 3 rings (SSSR count). The van der Waals surface area contributed by atoms with Gasteiger partial charge in [-0.3, -0.25) is 4.79 Å². The highest BCUT2D eigenvalue weighted by Crippen LogP contribution is 2.27. The fourth-order valence-electron chi connectivity index (χ4n) is 4.01. The number of aryl methyl sites for hydroxylation is 2. The molecule has 2 N–H and O–H groups in total. The number of aromatic nitrogens is 2. The largest absolute Gasteiger partial charge is 0.322 e. The van der Waals surface area contributed by atoms with Crippen LogP contribution in [0.25, 0.3) is 5.69 Å². The van der Waals surface area contributed by atoms with E-state index in [-0.39, 0.29) is 23.9 Å². The molecule has 37 heavy (non-hydrogen) atoms. The van der Waals surface area contributed by atoms with E-state index < -0.39 is 0 Å². The lowest BCUT2D eigenvalue weighted by Crippen LogP contribution is -2.41. The van der Waals surface area contributed by atoms with Crippen molar-refractivity contribution in [2.45, 2.75) is 72.6 Å². The van der Waals surface area contributed by atoms with Crippen molar-refractivity contribution in [3.8, 4) is 5.69 Å². The highest BCUT2D eigenvalue weighted by molar-refractivity contribution is 5.96. The molecule has 0 aliphatic carbocycles. The molecule has 0 bridgehead atoms. The third kappa shape index (κ3) is 7.68. The molecule has 3 aromatic rings. The molecule has 0 spiro atoms. The number of rotatable bonds is 10. The molecule has 0 atom stereocenters. The fourth-order valence-corrected chi connectivity index (χ4v) is 4.01. The maximum Gasteiger partial charge on any atom is 0.322 e. The van der Waals surface area contributed by atoms with Crippen molar-refractivity contribution in [2.75, 3.05) is 23.7 Å². The number of urea groups is 1. The Balaban J connectivity index is 1.80. The summed E-state index contributed by atoms with van der Waals surface area (Å²) < 4.78 is 1.78. The molecule has 0 aliphatic heterocycles. The lowest BCUT2D eigenvalue weighted by Gasteiger charge is -2.23. The van der Waals surface area contributed by atoms with Crippen molar-refractivity contribution in [1.82, 2.24) is 14.7 Å². The molecule has 0 fully saturated rings. The van der Waals surface area contributed by atoms with Gasteiger partial charge in [-0.2, -0.15) is 5.10 Å². The van der Waals surface area contributed by atoms with Gasteiger partial charge in [0.05, 0.1) is 11.4 Å². The Kier molecular flexibility index (Phi) is 9.50. The minimum absolute atomic E-state index is 0.0492. The van der Waals surface area contributed by atoms with Crippen LogP contribution in [-0.4, -0.2) is 39.7 Å². The lowest BCUT2D eigenvalue weighted by molar-refractivity contribution is -0.116. The van der Waals surface area contributed by atoms with Gasteiger partial charge in [-0.1, -0.05) is 77.8 Å². The van der Waals surface area contributed by atoms with Crippen LogP contribution in [0.4, 0.5) is 16.3 Å².